The first-order valence-electron chi connectivity index (χ1n) is 8.67. The molecule has 26 heavy (non-hydrogen) atoms. The molecule has 1 fully saturated rings. The molecule has 1 N–H and O–H groups in total. The van der Waals surface area contributed by atoms with Gasteiger partial charge in [0.05, 0.1) is 17.0 Å². The first-order chi connectivity index (χ1) is 12.2. The number of halogens is 1. The second-order valence-electron chi connectivity index (χ2n) is 7.29. The van der Waals surface area contributed by atoms with Gasteiger partial charge < -0.3 is 10.0 Å². The molecule has 1 amide bonds. The van der Waals surface area contributed by atoms with Crippen molar-refractivity contribution < 1.29 is 14.3 Å². The quantitative estimate of drug-likeness (QED) is 0.887. The maximum atomic E-state index is 13.1. The highest BCUT2D eigenvalue weighted by molar-refractivity contribution is 5.93. The van der Waals surface area contributed by atoms with Crippen LogP contribution in [0.4, 0.5) is 4.39 Å². The van der Waals surface area contributed by atoms with E-state index in [1.54, 1.807) is 37.8 Å². The first-order valence-corrected chi connectivity index (χ1v) is 8.67. The van der Waals surface area contributed by atoms with Crippen LogP contribution in [0.2, 0.25) is 0 Å². The zero-order chi connectivity index (χ0) is 18.9. The molecule has 0 atom stereocenters. The van der Waals surface area contributed by atoms with E-state index in [2.05, 4.69) is 15.2 Å². The molecule has 1 aromatic carbocycles. The summed E-state index contributed by atoms with van der Waals surface area (Å²) in [5.74, 6) is -0.481. The fourth-order valence-electron chi connectivity index (χ4n) is 3.16. The summed E-state index contributed by atoms with van der Waals surface area (Å²) < 4.78 is 14.6. The standard InChI is InChI=1S/C18H24FN5O2/c1-13-16(20-21-24(13)15-6-4-14(19)5-7-15)17(25)23-10-8-22(9-11-23)12-18(2,3)26/h4-7,26H,8-12H2,1-3H3. The third-order valence-electron chi connectivity index (χ3n) is 4.44. The van der Waals surface area contributed by atoms with Crippen LogP contribution in [0, 0.1) is 12.7 Å². The van der Waals surface area contributed by atoms with E-state index in [0.717, 1.165) is 0 Å². The van der Waals surface area contributed by atoms with E-state index in [4.69, 9.17) is 0 Å². The SMILES string of the molecule is Cc1c(C(=O)N2CCN(CC(C)(C)O)CC2)nnn1-c1ccc(F)cc1. The predicted octanol–water partition coefficient (Wildman–Crippen LogP) is 1.24. The number of nitrogens with zero attached hydrogens (tertiary/aromatic N) is 5. The maximum Gasteiger partial charge on any atom is 0.276 e. The third-order valence-corrected chi connectivity index (χ3v) is 4.44. The monoisotopic (exact) mass is 361 g/mol. The van der Waals surface area contributed by atoms with Crippen molar-refractivity contribution in [3.8, 4) is 5.69 Å². The molecule has 0 unspecified atom stereocenters. The van der Waals surface area contributed by atoms with Gasteiger partial charge in [0.15, 0.2) is 5.69 Å². The molecule has 0 bridgehead atoms. The van der Waals surface area contributed by atoms with Crippen LogP contribution in [0.5, 0.6) is 0 Å². The lowest BCUT2D eigenvalue weighted by atomic mass is 10.1. The van der Waals surface area contributed by atoms with Gasteiger partial charge in [0.25, 0.3) is 5.91 Å². The number of amides is 1. The van der Waals surface area contributed by atoms with Crippen LogP contribution in [0.3, 0.4) is 0 Å². The molecule has 1 aliphatic heterocycles. The second kappa shape index (κ2) is 7.13. The predicted molar refractivity (Wildman–Crippen MR) is 94.7 cm³/mol. The lowest BCUT2D eigenvalue weighted by Gasteiger charge is -2.37. The highest BCUT2D eigenvalue weighted by Gasteiger charge is 2.28. The Labute approximate surface area is 152 Å². The van der Waals surface area contributed by atoms with Crippen LogP contribution >= 0.6 is 0 Å². The average molecular weight is 361 g/mol. The molecule has 2 aromatic rings. The van der Waals surface area contributed by atoms with Crippen molar-refractivity contribution in [2.24, 2.45) is 0 Å². The number of benzene rings is 1. The summed E-state index contributed by atoms with van der Waals surface area (Å²) in [4.78, 5) is 16.7. The van der Waals surface area contributed by atoms with Gasteiger partial charge in [-0.1, -0.05) is 5.21 Å². The maximum absolute atomic E-state index is 13.1. The molecule has 0 spiro atoms. The fourth-order valence-corrected chi connectivity index (χ4v) is 3.16. The van der Waals surface area contributed by atoms with E-state index in [1.165, 1.54) is 16.8 Å². The van der Waals surface area contributed by atoms with E-state index < -0.39 is 5.60 Å². The Balaban J connectivity index is 1.69. The minimum atomic E-state index is -0.749. The minimum absolute atomic E-state index is 0.154. The van der Waals surface area contributed by atoms with Crippen molar-refractivity contribution in [1.82, 2.24) is 24.8 Å². The number of aliphatic hydroxyl groups is 1. The molecule has 2 heterocycles. The van der Waals surface area contributed by atoms with Crippen molar-refractivity contribution in [2.45, 2.75) is 26.4 Å². The lowest BCUT2D eigenvalue weighted by Crippen LogP contribution is -2.52. The van der Waals surface area contributed by atoms with Crippen molar-refractivity contribution in [3.63, 3.8) is 0 Å². The van der Waals surface area contributed by atoms with Gasteiger partial charge in [-0.3, -0.25) is 9.69 Å². The highest BCUT2D eigenvalue weighted by atomic mass is 19.1. The lowest BCUT2D eigenvalue weighted by molar-refractivity contribution is 0.0177. The van der Waals surface area contributed by atoms with Gasteiger partial charge in [0, 0.05) is 32.7 Å². The number of aromatic nitrogens is 3. The molecule has 3 rings (SSSR count). The number of hydrogen-bond donors (Lipinski definition) is 1. The fraction of sp³-hybridized carbons (Fsp3) is 0.500. The van der Waals surface area contributed by atoms with E-state index in [0.29, 0.717) is 49.8 Å². The summed E-state index contributed by atoms with van der Waals surface area (Å²) in [7, 11) is 0. The second-order valence-corrected chi connectivity index (χ2v) is 7.29. The summed E-state index contributed by atoms with van der Waals surface area (Å²) in [6, 6.07) is 5.89. The largest absolute Gasteiger partial charge is 0.389 e. The summed E-state index contributed by atoms with van der Waals surface area (Å²) in [5.41, 5.74) is 0.844. The van der Waals surface area contributed by atoms with E-state index in [9.17, 15) is 14.3 Å². The van der Waals surface area contributed by atoms with Crippen molar-refractivity contribution in [1.29, 1.82) is 0 Å². The van der Waals surface area contributed by atoms with E-state index in [1.807, 2.05) is 0 Å². The molecule has 140 valence electrons. The third kappa shape index (κ3) is 4.08. The van der Waals surface area contributed by atoms with Gasteiger partial charge in [-0.25, -0.2) is 9.07 Å². The van der Waals surface area contributed by atoms with Gasteiger partial charge in [0.1, 0.15) is 5.82 Å². The summed E-state index contributed by atoms with van der Waals surface area (Å²) in [6.45, 7) is 8.50. The summed E-state index contributed by atoms with van der Waals surface area (Å²) >= 11 is 0. The van der Waals surface area contributed by atoms with Crippen LogP contribution in [-0.2, 0) is 0 Å². The molecule has 1 aliphatic rings. The molecular weight excluding hydrogens is 337 g/mol. The highest BCUT2D eigenvalue weighted by Crippen LogP contribution is 2.16. The van der Waals surface area contributed by atoms with Crippen LogP contribution in [-0.4, -0.2) is 74.1 Å². The summed E-state index contributed by atoms with van der Waals surface area (Å²) in [6.07, 6.45) is 0. The zero-order valence-electron chi connectivity index (χ0n) is 15.3. The number of carbonyl (C=O) groups excluding carboxylic acids is 1. The van der Waals surface area contributed by atoms with Crippen molar-refractivity contribution >= 4 is 5.91 Å². The number of hydrogen-bond acceptors (Lipinski definition) is 5. The van der Waals surface area contributed by atoms with Gasteiger partial charge in [-0.05, 0) is 45.0 Å². The van der Waals surface area contributed by atoms with Gasteiger partial charge in [-0.15, -0.1) is 5.10 Å². The van der Waals surface area contributed by atoms with Crippen LogP contribution in [0.15, 0.2) is 24.3 Å². The Bertz CT molecular complexity index is 774. The first kappa shape index (κ1) is 18.5. The number of carbonyl (C=O) groups is 1. The van der Waals surface area contributed by atoms with E-state index >= 15 is 0 Å². The number of β-amino-alcohol motifs (C(OH)–C–C–N with tert-alkyl or cyclic N) is 1. The van der Waals surface area contributed by atoms with Crippen molar-refractivity contribution in [2.75, 3.05) is 32.7 Å². The van der Waals surface area contributed by atoms with Crippen LogP contribution < -0.4 is 0 Å². The van der Waals surface area contributed by atoms with Crippen LogP contribution in [0.25, 0.3) is 5.69 Å². The number of piperazine rings is 1. The smallest absolute Gasteiger partial charge is 0.276 e. The van der Waals surface area contributed by atoms with Gasteiger partial charge in [-0.2, -0.15) is 0 Å². The molecule has 8 heteroatoms. The minimum Gasteiger partial charge on any atom is -0.389 e. The Morgan fingerprint density at radius 1 is 1.19 bits per heavy atom. The Hall–Kier alpha value is -2.32. The molecule has 7 nitrogen and oxygen atoms in total. The molecule has 0 radical (unpaired) electrons. The molecule has 0 aliphatic carbocycles. The molecule has 0 saturated carbocycles. The Kier molecular flexibility index (Phi) is 5.06. The topological polar surface area (TPSA) is 74.5 Å². The van der Waals surface area contributed by atoms with Gasteiger partial charge in [0.2, 0.25) is 0 Å². The molecular formula is C18H24FN5O2. The van der Waals surface area contributed by atoms with Gasteiger partial charge >= 0.3 is 0 Å². The Morgan fingerprint density at radius 2 is 1.81 bits per heavy atom. The summed E-state index contributed by atoms with van der Waals surface area (Å²) in [5, 5.41) is 18.0. The zero-order valence-corrected chi connectivity index (χ0v) is 15.3. The molecule has 1 aromatic heterocycles. The number of rotatable bonds is 4. The average Bonchev–Trinajstić information content (AvgIpc) is 2.96. The van der Waals surface area contributed by atoms with E-state index in [-0.39, 0.29) is 11.7 Å². The van der Waals surface area contributed by atoms with Crippen LogP contribution in [0.1, 0.15) is 30.0 Å². The molecule has 1 saturated heterocycles. The van der Waals surface area contributed by atoms with Crippen molar-refractivity contribution in [3.05, 3.63) is 41.5 Å². The Morgan fingerprint density at radius 3 is 2.38 bits per heavy atom. The normalized spacial score (nSPS) is 16.1.